The second kappa shape index (κ2) is 7.10. The maximum atomic E-state index is 11.1. The maximum absolute atomic E-state index is 11.1. The highest BCUT2D eigenvalue weighted by molar-refractivity contribution is 5.71. The summed E-state index contributed by atoms with van der Waals surface area (Å²) in [5.74, 6) is -0.160. The molecule has 0 saturated heterocycles. The molecular formula is C9H18O3. The lowest BCUT2D eigenvalue weighted by molar-refractivity contribution is -0.147. The molecule has 0 rings (SSSR count). The highest BCUT2D eigenvalue weighted by Gasteiger charge is 2.12. The van der Waals surface area contributed by atoms with Crippen molar-refractivity contribution in [1.29, 1.82) is 0 Å². The van der Waals surface area contributed by atoms with Gasteiger partial charge in [-0.25, -0.2) is 0 Å². The molecule has 3 nitrogen and oxygen atoms in total. The fourth-order valence-electron chi connectivity index (χ4n) is 0.965. The average molecular weight is 174 g/mol. The topological polar surface area (TPSA) is 46.5 Å². The second-order valence-corrected chi connectivity index (χ2v) is 2.87. The van der Waals surface area contributed by atoms with Crippen LogP contribution >= 0.6 is 0 Å². The molecule has 0 spiro atoms. The predicted octanol–water partition coefficient (Wildman–Crippen LogP) is 1.35. The van der Waals surface area contributed by atoms with Crippen molar-refractivity contribution < 1.29 is 14.6 Å². The molecule has 0 aromatic heterocycles. The molecule has 0 fully saturated rings. The molecule has 1 atom stereocenters. The Morgan fingerprint density at radius 3 is 2.67 bits per heavy atom. The van der Waals surface area contributed by atoms with E-state index in [4.69, 9.17) is 9.84 Å². The van der Waals surface area contributed by atoms with Crippen molar-refractivity contribution in [3.8, 4) is 0 Å². The summed E-state index contributed by atoms with van der Waals surface area (Å²) >= 11 is 0. The van der Waals surface area contributed by atoms with E-state index in [0.29, 0.717) is 6.61 Å². The molecule has 3 heteroatoms. The summed E-state index contributed by atoms with van der Waals surface area (Å²) in [4.78, 5) is 11.1. The van der Waals surface area contributed by atoms with Crippen molar-refractivity contribution in [3.05, 3.63) is 0 Å². The molecule has 0 amide bonds. The highest BCUT2D eigenvalue weighted by atomic mass is 16.5. The Morgan fingerprint density at radius 1 is 1.50 bits per heavy atom. The molecule has 1 unspecified atom stereocenters. The molecule has 0 aliphatic heterocycles. The lowest BCUT2D eigenvalue weighted by Crippen LogP contribution is -2.14. The monoisotopic (exact) mass is 174 g/mol. The second-order valence-electron chi connectivity index (χ2n) is 2.87. The van der Waals surface area contributed by atoms with Crippen LogP contribution in [0.2, 0.25) is 0 Å². The SMILES string of the molecule is CCOC(=O)C(C)CCCCO. The first-order valence-corrected chi connectivity index (χ1v) is 4.49. The van der Waals surface area contributed by atoms with Crippen LogP contribution in [0.15, 0.2) is 0 Å². The third kappa shape index (κ3) is 5.13. The lowest BCUT2D eigenvalue weighted by atomic mass is 10.0. The smallest absolute Gasteiger partial charge is 0.308 e. The van der Waals surface area contributed by atoms with Crippen LogP contribution < -0.4 is 0 Å². The van der Waals surface area contributed by atoms with Gasteiger partial charge >= 0.3 is 5.97 Å². The Morgan fingerprint density at radius 2 is 2.17 bits per heavy atom. The number of aliphatic hydroxyl groups excluding tert-OH is 1. The van der Waals surface area contributed by atoms with Gasteiger partial charge in [-0.05, 0) is 19.8 Å². The largest absolute Gasteiger partial charge is 0.466 e. The fourth-order valence-corrected chi connectivity index (χ4v) is 0.965. The first-order valence-electron chi connectivity index (χ1n) is 4.49. The highest BCUT2D eigenvalue weighted by Crippen LogP contribution is 2.09. The Bertz CT molecular complexity index is 123. The van der Waals surface area contributed by atoms with Crippen molar-refractivity contribution >= 4 is 5.97 Å². The molecule has 0 radical (unpaired) electrons. The van der Waals surface area contributed by atoms with Crippen molar-refractivity contribution in [1.82, 2.24) is 0 Å². The van der Waals surface area contributed by atoms with Gasteiger partial charge in [-0.3, -0.25) is 4.79 Å². The number of aliphatic hydroxyl groups is 1. The van der Waals surface area contributed by atoms with Gasteiger partial charge in [-0.15, -0.1) is 0 Å². The van der Waals surface area contributed by atoms with E-state index in [0.717, 1.165) is 19.3 Å². The minimum atomic E-state index is -0.129. The predicted molar refractivity (Wildman–Crippen MR) is 46.7 cm³/mol. The van der Waals surface area contributed by atoms with Crippen LogP contribution in [0.5, 0.6) is 0 Å². The van der Waals surface area contributed by atoms with Crippen LogP contribution in [-0.4, -0.2) is 24.3 Å². The number of esters is 1. The summed E-state index contributed by atoms with van der Waals surface area (Å²) in [5.41, 5.74) is 0. The van der Waals surface area contributed by atoms with Crippen LogP contribution in [0.3, 0.4) is 0 Å². The van der Waals surface area contributed by atoms with Crippen LogP contribution in [-0.2, 0) is 9.53 Å². The quantitative estimate of drug-likeness (QED) is 0.488. The molecule has 0 aliphatic carbocycles. The van der Waals surface area contributed by atoms with E-state index in [-0.39, 0.29) is 18.5 Å². The summed E-state index contributed by atoms with van der Waals surface area (Å²) in [6, 6.07) is 0. The molecule has 1 N–H and O–H groups in total. The van der Waals surface area contributed by atoms with E-state index in [9.17, 15) is 4.79 Å². The number of rotatable bonds is 6. The Kier molecular flexibility index (Phi) is 6.76. The minimum Gasteiger partial charge on any atom is -0.466 e. The van der Waals surface area contributed by atoms with E-state index in [2.05, 4.69) is 0 Å². The molecule has 0 aromatic rings. The van der Waals surface area contributed by atoms with Crippen LogP contribution in [0, 0.1) is 5.92 Å². The van der Waals surface area contributed by atoms with Gasteiger partial charge < -0.3 is 9.84 Å². The summed E-state index contributed by atoms with van der Waals surface area (Å²) in [6.07, 6.45) is 2.46. The number of hydrogen-bond acceptors (Lipinski definition) is 3. The van der Waals surface area contributed by atoms with E-state index < -0.39 is 0 Å². The standard InChI is InChI=1S/C9H18O3/c1-3-12-9(11)8(2)6-4-5-7-10/h8,10H,3-7H2,1-2H3. The van der Waals surface area contributed by atoms with E-state index >= 15 is 0 Å². The zero-order valence-corrected chi connectivity index (χ0v) is 7.88. The third-order valence-corrected chi connectivity index (χ3v) is 1.73. The lowest BCUT2D eigenvalue weighted by Gasteiger charge is -2.08. The van der Waals surface area contributed by atoms with Crippen molar-refractivity contribution in [2.45, 2.75) is 33.1 Å². The van der Waals surface area contributed by atoms with Gasteiger partial charge in [0.25, 0.3) is 0 Å². The van der Waals surface area contributed by atoms with Crippen molar-refractivity contribution in [2.75, 3.05) is 13.2 Å². The molecule has 0 heterocycles. The molecule has 72 valence electrons. The van der Waals surface area contributed by atoms with Gasteiger partial charge in [0.2, 0.25) is 0 Å². The molecule has 0 aromatic carbocycles. The minimum absolute atomic E-state index is 0.0310. The number of hydrogen-bond donors (Lipinski definition) is 1. The fraction of sp³-hybridized carbons (Fsp3) is 0.889. The van der Waals surface area contributed by atoms with E-state index in [1.165, 1.54) is 0 Å². The molecule has 0 aliphatic rings. The van der Waals surface area contributed by atoms with Gasteiger partial charge in [0.1, 0.15) is 0 Å². The Balaban J connectivity index is 3.42. The Labute approximate surface area is 73.7 Å². The molecule has 12 heavy (non-hydrogen) atoms. The maximum Gasteiger partial charge on any atom is 0.308 e. The normalized spacial score (nSPS) is 12.6. The molecule has 0 bridgehead atoms. The third-order valence-electron chi connectivity index (χ3n) is 1.73. The number of unbranched alkanes of at least 4 members (excludes halogenated alkanes) is 1. The van der Waals surface area contributed by atoms with Gasteiger partial charge in [-0.2, -0.15) is 0 Å². The van der Waals surface area contributed by atoms with E-state index in [1.807, 2.05) is 6.92 Å². The molecule has 0 saturated carbocycles. The van der Waals surface area contributed by atoms with Crippen LogP contribution in [0.25, 0.3) is 0 Å². The summed E-state index contributed by atoms with van der Waals surface area (Å²) < 4.78 is 4.83. The first-order chi connectivity index (χ1) is 5.72. The number of carbonyl (C=O) groups excluding carboxylic acids is 1. The van der Waals surface area contributed by atoms with Crippen molar-refractivity contribution in [2.24, 2.45) is 5.92 Å². The van der Waals surface area contributed by atoms with Crippen LogP contribution in [0.4, 0.5) is 0 Å². The van der Waals surface area contributed by atoms with E-state index in [1.54, 1.807) is 6.92 Å². The Hall–Kier alpha value is -0.570. The first kappa shape index (κ1) is 11.4. The van der Waals surface area contributed by atoms with Gasteiger partial charge in [0.15, 0.2) is 0 Å². The summed E-state index contributed by atoms with van der Waals surface area (Å²) in [5, 5.41) is 8.50. The van der Waals surface area contributed by atoms with Gasteiger partial charge in [0, 0.05) is 6.61 Å². The zero-order chi connectivity index (χ0) is 9.40. The summed E-state index contributed by atoms with van der Waals surface area (Å²) in [7, 11) is 0. The molecular weight excluding hydrogens is 156 g/mol. The number of carbonyl (C=O) groups is 1. The van der Waals surface area contributed by atoms with Gasteiger partial charge in [0.05, 0.1) is 12.5 Å². The zero-order valence-electron chi connectivity index (χ0n) is 7.88. The van der Waals surface area contributed by atoms with Crippen molar-refractivity contribution in [3.63, 3.8) is 0 Å². The van der Waals surface area contributed by atoms with Crippen LogP contribution in [0.1, 0.15) is 33.1 Å². The summed E-state index contributed by atoms with van der Waals surface area (Å²) in [6.45, 7) is 4.31. The average Bonchev–Trinajstić information content (AvgIpc) is 2.05. The number of ether oxygens (including phenoxy) is 1. The van der Waals surface area contributed by atoms with Gasteiger partial charge in [-0.1, -0.05) is 13.3 Å².